The zero-order chi connectivity index (χ0) is 21.1. The second kappa shape index (κ2) is 8.93. The molecule has 10 heteroatoms. The Morgan fingerprint density at radius 2 is 1.62 bits per heavy atom. The van der Waals surface area contributed by atoms with Crippen LogP contribution >= 0.6 is 0 Å². The Balaban J connectivity index is 1.62. The van der Waals surface area contributed by atoms with E-state index in [1.807, 2.05) is 4.90 Å². The number of carbonyl (C=O) groups excluding carboxylic acids is 1. The van der Waals surface area contributed by atoms with Crippen molar-refractivity contribution in [3.05, 3.63) is 65.0 Å². The molecule has 0 saturated carbocycles. The molecule has 2 unspecified atom stereocenters. The lowest BCUT2D eigenvalue weighted by Gasteiger charge is -2.38. The van der Waals surface area contributed by atoms with Crippen LogP contribution < -0.4 is 4.72 Å². The first-order valence-corrected chi connectivity index (χ1v) is 10.0. The highest BCUT2D eigenvalue weighted by Crippen LogP contribution is 2.26. The van der Waals surface area contributed by atoms with Crippen molar-refractivity contribution in [1.82, 2.24) is 9.80 Å². The highest BCUT2D eigenvalue weighted by molar-refractivity contribution is 7.80. The smallest absolute Gasteiger partial charge is 0.259 e. The number of nitrogens with one attached hydrogen (secondary N) is 1. The molecule has 1 saturated heterocycles. The van der Waals surface area contributed by atoms with E-state index in [2.05, 4.69) is 4.72 Å². The second-order valence-corrected chi connectivity index (χ2v) is 7.42. The first kappa shape index (κ1) is 21.3. The number of piperazine rings is 1. The minimum atomic E-state index is -2.19. The highest BCUT2D eigenvalue weighted by atomic mass is 32.2. The van der Waals surface area contributed by atoms with Crippen LogP contribution in [0.2, 0.25) is 0 Å². The summed E-state index contributed by atoms with van der Waals surface area (Å²) in [6, 6.07) is 7.14. The molecular weight excluding hydrogens is 407 g/mol. The van der Waals surface area contributed by atoms with E-state index in [1.54, 1.807) is 24.0 Å². The minimum Gasteiger partial charge on any atom is -0.336 e. The molecule has 3 rings (SSSR count). The summed E-state index contributed by atoms with van der Waals surface area (Å²) in [7, 11) is 0. The van der Waals surface area contributed by atoms with Gasteiger partial charge >= 0.3 is 0 Å². The van der Waals surface area contributed by atoms with E-state index in [4.69, 9.17) is 4.55 Å². The standard InChI is InChI=1S/C19H20F3N3O3S/c1-12(15-10-17(21)18(22)11-16(15)20)24-6-8-25(9-7-24)19(26)13-2-4-14(5-3-13)23-29(27)28/h2-5,10-12,23H,6-9H2,1H3,(H,27,28). The fourth-order valence-corrected chi connectivity index (χ4v) is 3.67. The summed E-state index contributed by atoms with van der Waals surface area (Å²) >= 11 is -2.19. The van der Waals surface area contributed by atoms with E-state index < -0.39 is 34.8 Å². The molecule has 0 bridgehead atoms. The maximum atomic E-state index is 14.0. The molecule has 0 radical (unpaired) electrons. The zero-order valence-corrected chi connectivity index (χ0v) is 16.4. The van der Waals surface area contributed by atoms with Crippen LogP contribution in [-0.2, 0) is 11.3 Å². The van der Waals surface area contributed by atoms with Gasteiger partial charge in [-0.1, -0.05) is 0 Å². The third-order valence-corrected chi connectivity index (χ3v) is 5.39. The second-order valence-electron chi connectivity index (χ2n) is 6.72. The number of anilines is 1. The number of benzene rings is 2. The van der Waals surface area contributed by atoms with Crippen LogP contribution in [-0.4, -0.2) is 50.6 Å². The number of nitrogens with zero attached hydrogens (tertiary/aromatic N) is 2. The van der Waals surface area contributed by atoms with E-state index in [-0.39, 0.29) is 11.5 Å². The van der Waals surface area contributed by atoms with E-state index in [0.717, 1.165) is 6.07 Å². The van der Waals surface area contributed by atoms with Crippen LogP contribution in [0.4, 0.5) is 18.9 Å². The third-order valence-electron chi connectivity index (χ3n) is 4.98. The Morgan fingerprint density at radius 3 is 2.21 bits per heavy atom. The molecule has 156 valence electrons. The van der Waals surface area contributed by atoms with Gasteiger partial charge in [-0.3, -0.25) is 19.0 Å². The number of carbonyl (C=O) groups is 1. The molecule has 0 aliphatic carbocycles. The monoisotopic (exact) mass is 427 g/mol. The van der Waals surface area contributed by atoms with Gasteiger partial charge in [0, 0.05) is 55.1 Å². The van der Waals surface area contributed by atoms with Crippen molar-refractivity contribution < 1.29 is 26.7 Å². The molecule has 2 N–H and O–H groups in total. The summed E-state index contributed by atoms with van der Waals surface area (Å²) in [5.74, 6) is -3.30. The molecule has 0 aromatic heterocycles. The number of rotatable bonds is 5. The molecular formula is C19H20F3N3O3S. The third kappa shape index (κ3) is 4.95. The Labute approximate surface area is 168 Å². The van der Waals surface area contributed by atoms with Crippen molar-refractivity contribution in [3.63, 3.8) is 0 Å². The number of amides is 1. The van der Waals surface area contributed by atoms with Crippen LogP contribution in [0, 0.1) is 17.5 Å². The van der Waals surface area contributed by atoms with Crippen LogP contribution in [0.15, 0.2) is 36.4 Å². The Bertz CT molecular complexity index is 919. The summed E-state index contributed by atoms with van der Waals surface area (Å²) in [6.45, 7) is 3.41. The first-order valence-electron chi connectivity index (χ1n) is 8.91. The molecule has 2 aromatic rings. The van der Waals surface area contributed by atoms with Gasteiger partial charge in [0.1, 0.15) is 5.82 Å². The first-order chi connectivity index (χ1) is 13.8. The number of hydrogen-bond donors (Lipinski definition) is 2. The Hall–Kier alpha value is -2.43. The van der Waals surface area contributed by atoms with Gasteiger partial charge in [-0.25, -0.2) is 17.4 Å². The Morgan fingerprint density at radius 1 is 1.03 bits per heavy atom. The van der Waals surface area contributed by atoms with Gasteiger partial charge in [-0.05, 0) is 37.3 Å². The van der Waals surface area contributed by atoms with E-state index in [0.29, 0.717) is 43.5 Å². The van der Waals surface area contributed by atoms with Gasteiger partial charge in [-0.2, -0.15) is 0 Å². The van der Waals surface area contributed by atoms with E-state index >= 15 is 0 Å². The SMILES string of the molecule is CC(c1cc(F)c(F)cc1F)N1CCN(C(=O)c2ccc(NS(=O)O)cc2)CC1. The van der Waals surface area contributed by atoms with Gasteiger partial charge in [-0.15, -0.1) is 0 Å². The van der Waals surface area contributed by atoms with Crippen LogP contribution in [0.3, 0.4) is 0 Å². The van der Waals surface area contributed by atoms with E-state index in [1.165, 1.54) is 12.1 Å². The molecule has 6 nitrogen and oxygen atoms in total. The van der Waals surface area contributed by atoms with Gasteiger partial charge in [0.15, 0.2) is 11.6 Å². The van der Waals surface area contributed by atoms with Gasteiger partial charge in [0.25, 0.3) is 17.2 Å². The quantitative estimate of drug-likeness (QED) is 0.568. The number of hydrogen-bond acceptors (Lipinski definition) is 3. The van der Waals surface area contributed by atoms with Crippen molar-refractivity contribution >= 4 is 22.9 Å². The van der Waals surface area contributed by atoms with Gasteiger partial charge < -0.3 is 4.90 Å². The van der Waals surface area contributed by atoms with Crippen molar-refractivity contribution in [2.75, 3.05) is 30.9 Å². The molecule has 29 heavy (non-hydrogen) atoms. The summed E-state index contributed by atoms with van der Waals surface area (Å²) in [6.07, 6.45) is 0. The van der Waals surface area contributed by atoms with Crippen LogP contribution in [0.5, 0.6) is 0 Å². The molecule has 1 amide bonds. The van der Waals surface area contributed by atoms with Crippen molar-refractivity contribution in [3.8, 4) is 0 Å². The van der Waals surface area contributed by atoms with Crippen LogP contribution in [0.25, 0.3) is 0 Å². The maximum absolute atomic E-state index is 14.0. The molecule has 1 heterocycles. The molecule has 2 aromatic carbocycles. The highest BCUT2D eigenvalue weighted by Gasteiger charge is 2.27. The maximum Gasteiger partial charge on any atom is 0.259 e. The predicted octanol–water partition coefficient (Wildman–Crippen LogP) is 3.17. The zero-order valence-electron chi connectivity index (χ0n) is 15.6. The molecule has 1 fully saturated rings. The summed E-state index contributed by atoms with van der Waals surface area (Å²) in [4.78, 5) is 16.2. The minimum absolute atomic E-state index is 0.0769. The normalized spacial score (nSPS) is 17.1. The lowest BCUT2D eigenvalue weighted by Crippen LogP contribution is -2.49. The Kier molecular flexibility index (Phi) is 6.56. The lowest BCUT2D eigenvalue weighted by atomic mass is 10.0. The van der Waals surface area contributed by atoms with Crippen molar-refractivity contribution in [1.29, 1.82) is 0 Å². The number of halogens is 3. The topological polar surface area (TPSA) is 72.9 Å². The fraction of sp³-hybridized carbons (Fsp3) is 0.316. The van der Waals surface area contributed by atoms with Crippen LogP contribution in [0.1, 0.15) is 28.9 Å². The molecule has 2 atom stereocenters. The fourth-order valence-electron chi connectivity index (χ4n) is 3.33. The van der Waals surface area contributed by atoms with E-state index in [9.17, 15) is 22.2 Å². The van der Waals surface area contributed by atoms with Gasteiger partial charge in [0.2, 0.25) is 0 Å². The largest absolute Gasteiger partial charge is 0.336 e. The van der Waals surface area contributed by atoms with Crippen molar-refractivity contribution in [2.45, 2.75) is 13.0 Å². The molecule has 1 aliphatic rings. The van der Waals surface area contributed by atoms with Gasteiger partial charge in [0.05, 0.1) is 0 Å². The van der Waals surface area contributed by atoms with Crippen molar-refractivity contribution in [2.24, 2.45) is 0 Å². The molecule has 1 aliphatic heterocycles. The summed E-state index contributed by atoms with van der Waals surface area (Å²) in [5.41, 5.74) is 0.926. The summed E-state index contributed by atoms with van der Waals surface area (Å²) in [5, 5.41) is 0. The average Bonchev–Trinajstić information content (AvgIpc) is 2.70. The predicted molar refractivity (Wildman–Crippen MR) is 103 cm³/mol. The average molecular weight is 427 g/mol. The molecule has 0 spiro atoms. The summed E-state index contributed by atoms with van der Waals surface area (Å²) < 4.78 is 62.5. The lowest BCUT2D eigenvalue weighted by molar-refractivity contribution is 0.0578.